The van der Waals surface area contributed by atoms with Gasteiger partial charge in [0.05, 0.1) is 12.8 Å². The van der Waals surface area contributed by atoms with Crippen LogP contribution >= 0.6 is 0 Å². The quantitative estimate of drug-likeness (QED) is 0.922. The zero-order chi connectivity index (χ0) is 15.5. The summed E-state index contributed by atoms with van der Waals surface area (Å²) in [5, 5.41) is 2.92. The van der Waals surface area contributed by atoms with Crippen molar-refractivity contribution in [2.75, 3.05) is 7.05 Å². The molecule has 5 heteroatoms. The van der Waals surface area contributed by atoms with Crippen LogP contribution in [0.3, 0.4) is 0 Å². The van der Waals surface area contributed by atoms with E-state index in [0.717, 1.165) is 18.6 Å². The van der Waals surface area contributed by atoms with Gasteiger partial charge in [-0.3, -0.25) is 9.59 Å². The Balaban J connectivity index is 1.63. The van der Waals surface area contributed by atoms with Crippen molar-refractivity contribution in [1.82, 2.24) is 10.2 Å². The second-order valence-corrected chi connectivity index (χ2v) is 5.57. The Hall–Kier alpha value is -2.56. The highest BCUT2D eigenvalue weighted by Gasteiger charge is 2.23. The average Bonchev–Trinajstić information content (AvgIpc) is 3.19. The molecule has 0 aliphatic heterocycles. The molecular weight excluding hydrogens is 280 g/mol. The third-order valence-corrected chi connectivity index (χ3v) is 3.63. The molecule has 1 aromatic carbocycles. The molecule has 3 rings (SSSR count). The van der Waals surface area contributed by atoms with E-state index < -0.39 is 0 Å². The maximum absolute atomic E-state index is 12.3. The predicted octanol–water partition coefficient (Wildman–Crippen LogP) is 2.44. The van der Waals surface area contributed by atoms with Crippen molar-refractivity contribution in [3.63, 3.8) is 0 Å². The van der Waals surface area contributed by atoms with Crippen molar-refractivity contribution in [2.45, 2.75) is 25.4 Å². The molecule has 0 saturated heterocycles. The van der Waals surface area contributed by atoms with Gasteiger partial charge >= 0.3 is 0 Å². The van der Waals surface area contributed by atoms with Crippen LogP contribution < -0.4 is 5.32 Å². The van der Waals surface area contributed by atoms with Crippen molar-refractivity contribution in [1.29, 1.82) is 0 Å². The van der Waals surface area contributed by atoms with Crippen molar-refractivity contribution >= 4 is 11.8 Å². The summed E-state index contributed by atoms with van der Waals surface area (Å²) in [6.45, 7) is 0.412. The highest BCUT2D eigenvalue weighted by atomic mass is 16.3. The van der Waals surface area contributed by atoms with Crippen LogP contribution in [0.5, 0.6) is 0 Å². The van der Waals surface area contributed by atoms with Crippen molar-refractivity contribution < 1.29 is 14.0 Å². The summed E-state index contributed by atoms with van der Waals surface area (Å²) in [5.74, 6) is 0.548. The van der Waals surface area contributed by atoms with E-state index >= 15 is 0 Å². The maximum Gasteiger partial charge on any atom is 0.254 e. The molecule has 2 amide bonds. The molecular formula is C17H18N2O3. The van der Waals surface area contributed by atoms with Gasteiger partial charge in [0, 0.05) is 24.2 Å². The van der Waals surface area contributed by atoms with Gasteiger partial charge in [-0.15, -0.1) is 0 Å². The highest BCUT2D eigenvalue weighted by molar-refractivity contribution is 5.97. The highest BCUT2D eigenvalue weighted by Crippen LogP contribution is 2.19. The zero-order valence-corrected chi connectivity index (χ0v) is 12.4. The SMILES string of the molecule is CN(Cc1ccco1)C(=O)c1ccc(C(=O)NC2CC2)cc1. The van der Waals surface area contributed by atoms with Crippen LogP contribution in [0.25, 0.3) is 0 Å². The van der Waals surface area contributed by atoms with E-state index in [0.29, 0.717) is 23.7 Å². The number of hydrogen-bond acceptors (Lipinski definition) is 3. The Kier molecular flexibility index (Phi) is 3.96. The van der Waals surface area contributed by atoms with Crippen LogP contribution in [0.15, 0.2) is 47.1 Å². The lowest BCUT2D eigenvalue weighted by atomic mass is 10.1. The van der Waals surface area contributed by atoms with Crippen LogP contribution in [0.4, 0.5) is 0 Å². The first-order valence-electron chi connectivity index (χ1n) is 7.32. The third kappa shape index (κ3) is 3.36. The van der Waals surface area contributed by atoms with E-state index in [2.05, 4.69) is 5.32 Å². The van der Waals surface area contributed by atoms with Gasteiger partial charge in [-0.2, -0.15) is 0 Å². The number of nitrogens with one attached hydrogen (secondary N) is 1. The molecule has 2 aromatic rings. The molecule has 1 aromatic heterocycles. The number of carbonyl (C=O) groups is 2. The lowest BCUT2D eigenvalue weighted by Crippen LogP contribution is -2.27. The summed E-state index contributed by atoms with van der Waals surface area (Å²) in [6.07, 6.45) is 3.70. The van der Waals surface area contributed by atoms with E-state index in [1.54, 1.807) is 48.5 Å². The molecule has 114 valence electrons. The largest absolute Gasteiger partial charge is 0.467 e. The summed E-state index contributed by atoms with van der Waals surface area (Å²) >= 11 is 0. The monoisotopic (exact) mass is 298 g/mol. The van der Waals surface area contributed by atoms with E-state index in [-0.39, 0.29) is 11.8 Å². The Morgan fingerprint density at radius 3 is 2.45 bits per heavy atom. The number of benzene rings is 1. The standard InChI is InChI=1S/C17H18N2O3/c1-19(11-15-3-2-10-22-15)17(21)13-6-4-12(5-7-13)16(20)18-14-8-9-14/h2-7,10,14H,8-9,11H2,1H3,(H,18,20). The molecule has 0 atom stereocenters. The van der Waals surface area contributed by atoms with Crippen molar-refractivity contribution in [3.05, 3.63) is 59.5 Å². The number of nitrogens with zero attached hydrogens (tertiary/aromatic N) is 1. The molecule has 5 nitrogen and oxygen atoms in total. The zero-order valence-electron chi connectivity index (χ0n) is 12.4. The average molecular weight is 298 g/mol. The minimum atomic E-state index is -0.106. The topological polar surface area (TPSA) is 62.6 Å². The molecule has 1 saturated carbocycles. The fourth-order valence-corrected chi connectivity index (χ4v) is 2.19. The normalized spacial score (nSPS) is 13.7. The Labute approximate surface area is 128 Å². The van der Waals surface area contributed by atoms with Crippen molar-refractivity contribution in [3.8, 4) is 0 Å². The smallest absolute Gasteiger partial charge is 0.254 e. The number of amides is 2. The van der Waals surface area contributed by atoms with Crippen LogP contribution in [-0.2, 0) is 6.54 Å². The first kappa shape index (κ1) is 14.4. The lowest BCUT2D eigenvalue weighted by molar-refractivity contribution is 0.0774. The first-order chi connectivity index (χ1) is 10.6. The Morgan fingerprint density at radius 1 is 1.18 bits per heavy atom. The van der Waals surface area contributed by atoms with Gasteiger partial charge in [-0.1, -0.05) is 0 Å². The number of furan rings is 1. The summed E-state index contributed by atoms with van der Waals surface area (Å²) in [4.78, 5) is 25.8. The minimum Gasteiger partial charge on any atom is -0.467 e. The van der Waals surface area contributed by atoms with Gasteiger partial charge in [0.1, 0.15) is 5.76 Å². The van der Waals surface area contributed by atoms with Gasteiger partial charge in [0.15, 0.2) is 0 Å². The molecule has 1 fully saturated rings. The van der Waals surface area contributed by atoms with Gasteiger partial charge in [-0.25, -0.2) is 0 Å². The predicted molar refractivity (Wildman–Crippen MR) is 81.4 cm³/mol. The lowest BCUT2D eigenvalue weighted by Gasteiger charge is -2.16. The fourth-order valence-electron chi connectivity index (χ4n) is 2.19. The van der Waals surface area contributed by atoms with Gasteiger partial charge in [-0.05, 0) is 49.2 Å². The second-order valence-electron chi connectivity index (χ2n) is 5.57. The Bertz CT molecular complexity index is 658. The van der Waals surface area contributed by atoms with Crippen LogP contribution in [0.1, 0.15) is 39.3 Å². The van der Waals surface area contributed by atoms with Gasteiger partial charge in [0.2, 0.25) is 0 Å². The molecule has 1 N–H and O–H groups in total. The minimum absolute atomic E-state index is 0.0783. The van der Waals surface area contributed by atoms with E-state index in [1.165, 1.54) is 0 Å². The third-order valence-electron chi connectivity index (χ3n) is 3.63. The molecule has 1 heterocycles. The Morgan fingerprint density at radius 2 is 1.86 bits per heavy atom. The summed E-state index contributed by atoms with van der Waals surface area (Å²) in [6, 6.07) is 10.7. The van der Waals surface area contributed by atoms with E-state index in [4.69, 9.17) is 4.42 Å². The second kappa shape index (κ2) is 6.05. The maximum atomic E-state index is 12.3. The molecule has 0 radical (unpaired) electrons. The number of carbonyl (C=O) groups excluding carboxylic acids is 2. The molecule has 1 aliphatic carbocycles. The molecule has 1 aliphatic rings. The summed E-state index contributed by atoms with van der Waals surface area (Å²) < 4.78 is 5.24. The van der Waals surface area contributed by atoms with Crippen LogP contribution in [-0.4, -0.2) is 29.8 Å². The number of hydrogen-bond donors (Lipinski definition) is 1. The van der Waals surface area contributed by atoms with Gasteiger partial charge in [0.25, 0.3) is 11.8 Å². The molecule has 0 spiro atoms. The van der Waals surface area contributed by atoms with E-state index in [1.807, 2.05) is 6.07 Å². The molecule has 22 heavy (non-hydrogen) atoms. The van der Waals surface area contributed by atoms with E-state index in [9.17, 15) is 9.59 Å². The molecule has 0 unspecified atom stereocenters. The fraction of sp³-hybridized carbons (Fsp3) is 0.294. The first-order valence-corrected chi connectivity index (χ1v) is 7.32. The summed E-state index contributed by atoms with van der Waals surface area (Å²) in [7, 11) is 1.72. The summed E-state index contributed by atoms with van der Waals surface area (Å²) in [5.41, 5.74) is 1.13. The van der Waals surface area contributed by atoms with Crippen LogP contribution in [0.2, 0.25) is 0 Å². The van der Waals surface area contributed by atoms with Crippen molar-refractivity contribution in [2.24, 2.45) is 0 Å². The van der Waals surface area contributed by atoms with Crippen LogP contribution in [0, 0.1) is 0 Å². The molecule has 0 bridgehead atoms. The van der Waals surface area contributed by atoms with Gasteiger partial charge < -0.3 is 14.6 Å². The number of rotatable bonds is 5.